The van der Waals surface area contributed by atoms with Crippen molar-refractivity contribution < 1.29 is 23.8 Å². The minimum Gasteiger partial charge on any atom is -0.465 e. The van der Waals surface area contributed by atoms with Gasteiger partial charge in [-0.1, -0.05) is 30.3 Å². The van der Waals surface area contributed by atoms with Crippen molar-refractivity contribution in [3.05, 3.63) is 59.4 Å². The van der Waals surface area contributed by atoms with Crippen LogP contribution in [0.25, 0.3) is 11.0 Å². The molecule has 2 aromatic heterocycles. The zero-order valence-electron chi connectivity index (χ0n) is 23.0. The summed E-state index contributed by atoms with van der Waals surface area (Å²) in [5, 5.41) is 17.0. The zero-order valence-corrected chi connectivity index (χ0v) is 23.0. The highest BCUT2D eigenvalue weighted by Gasteiger charge is 2.43. The summed E-state index contributed by atoms with van der Waals surface area (Å²) in [5.74, 6) is -0.0983. The first-order valence-corrected chi connectivity index (χ1v) is 13.9. The molecule has 40 heavy (non-hydrogen) atoms. The molecule has 2 aliphatic rings. The molecule has 0 radical (unpaired) electrons. The van der Waals surface area contributed by atoms with E-state index in [-0.39, 0.29) is 30.6 Å². The van der Waals surface area contributed by atoms with E-state index in [4.69, 9.17) is 19.9 Å². The molecule has 214 valence electrons. The van der Waals surface area contributed by atoms with E-state index in [2.05, 4.69) is 5.32 Å². The molecular weight excluding hydrogens is 515 g/mol. The standard InChI is InChI=1S/C29H37FN6O4/c1-19-9-12-24-26(33-35(27(24)32-19)14-6-13-31-29(38)39)20(2)36(22-10-11-22)28(37)25-17-34(23(15-30)18-40-25)16-21-7-4-3-5-8-21/h3-5,7-9,12,20,22-23,25,31H,6,10-11,13-18H2,1-2H3,(H,38,39)/t20?,23?,25-/m1/s1. The second kappa shape index (κ2) is 12.3. The second-order valence-corrected chi connectivity index (χ2v) is 10.7. The number of amides is 2. The lowest BCUT2D eigenvalue weighted by molar-refractivity contribution is -0.157. The number of carbonyl (C=O) groups is 2. The molecule has 2 amide bonds. The Labute approximate surface area is 233 Å². The third-order valence-electron chi connectivity index (χ3n) is 7.68. The number of fused-ring (bicyclic) bond motifs is 1. The Balaban J connectivity index is 1.37. The van der Waals surface area contributed by atoms with Crippen LogP contribution in [0.4, 0.5) is 9.18 Å². The summed E-state index contributed by atoms with van der Waals surface area (Å²) < 4.78 is 21.7. The number of morpholine rings is 1. The first-order chi connectivity index (χ1) is 19.4. The molecule has 5 rings (SSSR count). The first-order valence-electron chi connectivity index (χ1n) is 13.9. The maximum Gasteiger partial charge on any atom is 0.404 e. The van der Waals surface area contributed by atoms with Crippen LogP contribution in [0.1, 0.15) is 49.2 Å². The Morgan fingerprint density at radius 2 is 2.00 bits per heavy atom. The van der Waals surface area contributed by atoms with Gasteiger partial charge in [0.05, 0.1) is 24.4 Å². The maximum absolute atomic E-state index is 14.0. The molecule has 0 spiro atoms. The van der Waals surface area contributed by atoms with E-state index in [1.54, 1.807) is 4.68 Å². The summed E-state index contributed by atoms with van der Waals surface area (Å²) in [6, 6.07) is 13.2. The van der Waals surface area contributed by atoms with Crippen LogP contribution in [0.3, 0.4) is 0 Å². The van der Waals surface area contributed by atoms with Gasteiger partial charge in [-0.3, -0.25) is 9.69 Å². The van der Waals surface area contributed by atoms with E-state index in [9.17, 15) is 14.0 Å². The van der Waals surface area contributed by atoms with Crippen molar-refractivity contribution in [3.63, 3.8) is 0 Å². The summed E-state index contributed by atoms with van der Waals surface area (Å²) >= 11 is 0. The highest BCUT2D eigenvalue weighted by molar-refractivity contribution is 5.84. The highest BCUT2D eigenvalue weighted by atomic mass is 19.1. The third-order valence-corrected chi connectivity index (χ3v) is 7.68. The molecule has 3 heterocycles. The number of benzene rings is 1. The number of pyridine rings is 1. The van der Waals surface area contributed by atoms with Gasteiger partial charge in [-0.05, 0) is 50.8 Å². The van der Waals surface area contributed by atoms with Crippen LogP contribution in [-0.4, -0.2) is 86.2 Å². The third kappa shape index (κ3) is 6.26. The van der Waals surface area contributed by atoms with E-state index in [0.717, 1.165) is 35.2 Å². The Morgan fingerprint density at radius 3 is 2.70 bits per heavy atom. The number of rotatable bonds is 11. The van der Waals surface area contributed by atoms with Crippen molar-refractivity contribution in [3.8, 4) is 0 Å². The highest BCUT2D eigenvalue weighted by Crippen LogP contribution is 2.37. The van der Waals surface area contributed by atoms with Crippen molar-refractivity contribution >= 4 is 23.0 Å². The van der Waals surface area contributed by atoms with Crippen molar-refractivity contribution in [2.24, 2.45) is 0 Å². The lowest BCUT2D eigenvalue weighted by atomic mass is 10.1. The van der Waals surface area contributed by atoms with Gasteiger partial charge in [0.2, 0.25) is 0 Å². The number of aryl methyl sites for hydroxylation is 2. The summed E-state index contributed by atoms with van der Waals surface area (Å²) in [6.45, 7) is 5.21. The number of nitrogens with zero attached hydrogens (tertiary/aromatic N) is 5. The summed E-state index contributed by atoms with van der Waals surface area (Å²) in [4.78, 5) is 33.5. The van der Waals surface area contributed by atoms with Crippen molar-refractivity contribution in [1.29, 1.82) is 0 Å². The molecule has 3 aromatic rings. The van der Waals surface area contributed by atoms with Gasteiger partial charge in [-0.25, -0.2) is 18.9 Å². The molecule has 1 aliphatic heterocycles. The van der Waals surface area contributed by atoms with Crippen LogP contribution in [0.15, 0.2) is 42.5 Å². The quantitative estimate of drug-likeness (QED) is 0.349. The number of nitrogens with one attached hydrogen (secondary N) is 1. The number of halogens is 1. The minimum atomic E-state index is -1.06. The van der Waals surface area contributed by atoms with E-state index in [0.29, 0.717) is 38.2 Å². The fourth-order valence-electron chi connectivity index (χ4n) is 5.45. The van der Waals surface area contributed by atoms with Crippen molar-refractivity contribution in [2.45, 2.75) is 70.4 Å². The Kier molecular flexibility index (Phi) is 8.60. The van der Waals surface area contributed by atoms with E-state index >= 15 is 0 Å². The van der Waals surface area contributed by atoms with Gasteiger partial charge in [0.15, 0.2) is 5.65 Å². The van der Waals surface area contributed by atoms with Gasteiger partial charge in [-0.15, -0.1) is 0 Å². The molecule has 11 heteroatoms. The zero-order chi connectivity index (χ0) is 28.2. The monoisotopic (exact) mass is 552 g/mol. The van der Waals surface area contributed by atoms with Crippen LogP contribution in [0.2, 0.25) is 0 Å². The number of carbonyl (C=O) groups excluding carboxylic acids is 1. The topological polar surface area (TPSA) is 113 Å². The molecule has 1 saturated heterocycles. The van der Waals surface area contributed by atoms with E-state index in [1.165, 1.54) is 0 Å². The van der Waals surface area contributed by atoms with Gasteiger partial charge in [-0.2, -0.15) is 5.10 Å². The number of ether oxygens (including phenoxy) is 1. The largest absolute Gasteiger partial charge is 0.465 e. The summed E-state index contributed by atoms with van der Waals surface area (Å²) in [5.41, 5.74) is 3.39. The fraction of sp³-hybridized carbons (Fsp3) is 0.517. The van der Waals surface area contributed by atoms with Gasteiger partial charge < -0.3 is 20.1 Å². The average Bonchev–Trinajstić information content (AvgIpc) is 3.72. The molecule has 0 bridgehead atoms. The predicted molar refractivity (Wildman–Crippen MR) is 148 cm³/mol. The lowest BCUT2D eigenvalue weighted by Gasteiger charge is -2.40. The Bertz CT molecular complexity index is 1330. The smallest absolute Gasteiger partial charge is 0.404 e. The molecule has 3 atom stereocenters. The molecule has 2 N–H and O–H groups in total. The van der Waals surface area contributed by atoms with Crippen molar-refractivity contribution in [1.82, 2.24) is 29.9 Å². The van der Waals surface area contributed by atoms with Gasteiger partial charge in [0.25, 0.3) is 5.91 Å². The molecule has 2 fully saturated rings. The van der Waals surface area contributed by atoms with E-state index < -0.39 is 18.9 Å². The Morgan fingerprint density at radius 1 is 1.23 bits per heavy atom. The fourth-order valence-corrected chi connectivity index (χ4v) is 5.45. The lowest BCUT2D eigenvalue weighted by Crippen LogP contribution is -2.56. The van der Waals surface area contributed by atoms with Crippen LogP contribution in [0.5, 0.6) is 0 Å². The van der Waals surface area contributed by atoms with E-state index in [1.807, 2.05) is 66.1 Å². The number of carboxylic acid groups (broad SMARTS) is 1. The predicted octanol–water partition coefficient (Wildman–Crippen LogP) is 3.69. The van der Waals surface area contributed by atoms with Crippen molar-refractivity contribution in [2.75, 3.05) is 26.4 Å². The molecule has 10 nitrogen and oxygen atoms in total. The second-order valence-electron chi connectivity index (χ2n) is 10.7. The van der Waals surface area contributed by atoms with Crippen LogP contribution >= 0.6 is 0 Å². The molecule has 2 unspecified atom stereocenters. The van der Waals surface area contributed by atoms with Gasteiger partial charge in [0.1, 0.15) is 12.8 Å². The van der Waals surface area contributed by atoms with Crippen LogP contribution in [0, 0.1) is 6.92 Å². The molecule has 1 saturated carbocycles. The SMILES string of the molecule is Cc1ccc2c(C(C)N(C(=O)[C@H]3CN(Cc4ccccc4)C(CF)CO3)C3CC3)nn(CCCNC(=O)O)c2n1. The molecule has 1 aliphatic carbocycles. The van der Waals surface area contributed by atoms with Gasteiger partial charge in [0, 0.05) is 43.3 Å². The van der Waals surface area contributed by atoms with Crippen LogP contribution < -0.4 is 5.32 Å². The molecular formula is C29H37FN6O4. The average molecular weight is 553 g/mol. The number of hydrogen-bond donors (Lipinski definition) is 2. The maximum atomic E-state index is 14.0. The first kappa shape index (κ1) is 28.0. The summed E-state index contributed by atoms with van der Waals surface area (Å²) in [6.07, 6.45) is 0.643. The van der Waals surface area contributed by atoms with Crippen LogP contribution in [-0.2, 0) is 22.6 Å². The summed E-state index contributed by atoms with van der Waals surface area (Å²) in [7, 11) is 0. The normalized spacial score (nSPS) is 20.4. The number of aromatic nitrogens is 3. The number of alkyl halides is 1. The minimum absolute atomic E-state index is 0.0983. The number of hydrogen-bond acceptors (Lipinski definition) is 6. The Hall–Kier alpha value is -3.57. The molecule has 1 aromatic carbocycles. The van der Waals surface area contributed by atoms with Gasteiger partial charge >= 0.3 is 6.09 Å².